The number of carbonyl (C=O) groups excluding carboxylic acids is 1. The van der Waals surface area contributed by atoms with Crippen LogP contribution >= 0.6 is 11.6 Å². The van der Waals surface area contributed by atoms with Gasteiger partial charge in [-0.3, -0.25) is 4.79 Å². The molecule has 2 aromatic carbocycles. The predicted molar refractivity (Wildman–Crippen MR) is 73.0 cm³/mol. The van der Waals surface area contributed by atoms with E-state index in [-0.39, 0.29) is 22.8 Å². The number of nitrogens with two attached hydrogens (primary N) is 1. The number of benzene rings is 2. The normalized spacial score (nSPS) is 10.2. The minimum atomic E-state index is -0.677. The largest absolute Gasteiger partial charge is 0.493 e. The van der Waals surface area contributed by atoms with Crippen molar-refractivity contribution in [2.75, 3.05) is 7.11 Å². The second-order valence-corrected chi connectivity index (χ2v) is 4.34. The molecule has 0 unspecified atom stereocenters. The fraction of sp³-hybridized carbons (Fsp3) is 0.0714. The SMILES string of the molecule is COc1cc(F)ccc1Oc1ccc(Cl)cc1C(N)=O. The molecule has 1 amide bonds. The van der Waals surface area contributed by atoms with Gasteiger partial charge in [-0.25, -0.2) is 4.39 Å². The summed E-state index contributed by atoms with van der Waals surface area (Å²) in [5, 5.41) is 0.359. The van der Waals surface area contributed by atoms with Gasteiger partial charge in [-0.15, -0.1) is 0 Å². The smallest absolute Gasteiger partial charge is 0.252 e. The third-order valence-corrected chi connectivity index (χ3v) is 2.79. The molecule has 20 heavy (non-hydrogen) atoms. The molecule has 0 saturated heterocycles. The Morgan fingerprint density at radius 3 is 2.50 bits per heavy atom. The third kappa shape index (κ3) is 3.00. The summed E-state index contributed by atoms with van der Waals surface area (Å²) in [6.07, 6.45) is 0. The van der Waals surface area contributed by atoms with E-state index < -0.39 is 11.7 Å². The molecule has 4 nitrogen and oxygen atoms in total. The average Bonchev–Trinajstić information content (AvgIpc) is 2.42. The van der Waals surface area contributed by atoms with E-state index in [1.165, 1.54) is 37.4 Å². The van der Waals surface area contributed by atoms with Crippen molar-refractivity contribution in [1.29, 1.82) is 0 Å². The first-order chi connectivity index (χ1) is 9.51. The number of amides is 1. The highest BCUT2D eigenvalue weighted by atomic mass is 35.5. The van der Waals surface area contributed by atoms with E-state index in [4.69, 9.17) is 26.8 Å². The molecule has 6 heteroatoms. The number of hydrogen-bond acceptors (Lipinski definition) is 3. The highest BCUT2D eigenvalue weighted by Crippen LogP contribution is 2.34. The van der Waals surface area contributed by atoms with Crippen LogP contribution in [0.25, 0.3) is 0 Å². The molecule has 0 radical (unpaired) electrons. The third-order valence-electron chi connectivity index (χ3n) is 2.55. The first kappa shape index (κ1) is 14.1. The minimum absolute atomic E-state index is 0.129. The van der Waals surface area contributed by atoms with Crippen LogP contribution in [-0.4, -0.2) is 13.0 Å². The van der Waals surface area contributed by atoms with Crippen molar-refractivity contribution in [1.82, 2.24) is 0 Å². The summed E-state index contributed by atoms with van der Waals surface area (Å²) in [5.74, 6) is -0.454. The van der Waals surface area contributed by atoms with E-state index in [0.717, 1.165) is 0 Å². The lowest BCUT2D eigenvalue weighted by Crippen LogP contribution is -2.12. The van der Waals surface area contributed by atoms with Gasteiger partial charge in [0.1, 0.15) is 11.6 Å². The van der Waals surface area contributed by atoms with Crippen LogP contribution < -0.4 is 15.2 Å². The molecule has 0 aromatic heterocycles. The van der Waals surface area contributed by atoms with E-state index in [0.29, 0.717) is 5.02 Å². The Balaban J connectivity index is 2.42. The second kappa shape index (κ2) is 5.79. The maximum atomic E-state index is 13.1. The van der Waals surface area contributed by atoms with Crippen molar-refractivity contribution in [3.63, 3.8) is 0 Å². The molecule has 2 rings (SSSR count). The summed E-state index contributed by atoms with van der Waals surface area (Å²) in [6.45, 7) is 0. The van der Waals surface area contributed by atoms with Crippen LogP contribution in [0.1, 0.15) is 10.4 Å². The van der Waals surface area contributed by atoms with Gasteiger partial charge in [0.15, 0.2) is 11.5 Å². The van der Waals surface area contributed by atoms with Crippen molar-refractivity contribution in [3.05, 3.63) is 52.8 Å². The number of rotatable bonds is 4. The molecule has 0 aliphatic rings. The Bertz CT molecular complexity index is 661. The Labute approximate surface area is 119 Å². The summed E-state index contributed by atoms with van der Waals surface area (Å²) >= 11 is 5.81. The summed E-state index contributed by atoms with van der Waals surface area (Å²) < 4.78 is 23.7. The van der Waals surface area contributed by atoms with Crippen LogP contribution in [0.2, 0.25) is 5.02 Å². The number of primary amides is 1. The van der Waals surface area contributed by atoms with E-state index in [9.17, 15) is 9.18 Å². The first-order valence-corrected chi connectivity index (χ1v) is 6.00. The van der Waals surface area contributed by atoms with Crippen molar-refractivity contribution < 1.29 is 18.7 Å². The number of hydrogen-bond donors (Lipinski definition) is 1. The lowest BCUT2D eigenvalue weighted by molar-refractivity contribution is 0.0998. The molecule has 0 spiro atoms. The van der Waals surface area contributed by atoms with Crippen molar-refractivity contribution in [2.24, 2.45) is 5.73 Å². The quantitative estimate of drug-likeness (QED) is 0.940. The summed E-state index contributed by atoms with van der Waals surface area (Å²) in [6, 6.07) is 8.25. The predicted octanol–water partition coefficient (Wildman–Crippen LogP) is 3.38. The van der Waals surface area contributed by atoms with Gasteiger partial charge in [0, 0.05) is 11.1 Å². The van der Waals surface area contributed by atoms with Gasteiger partial charge in [0.25, 0.3) is 5.91 Å². The molecule has 0 aliphatic carbocycles. The van der Waals surface area contributed by atoms with Gasteiger partial charge in [-0.05, 0) is 30.3 Å². The fourth-order valence-electron chi connectivity index (χ4n) is 1.63. The van der Waals surface area contributed by atoms with Crippen LogP contribution in [0.3, 0.4) is 0 Å². The molecular weight excluding hydrogens is 285 g/mol. The minimum Gasteiger partial charge on any atom is -0.493 e. The fourth-order valence-corrected chi connectivity index (χ4v) is 1.80. The number of ether oxygens (including phenoxy) is 2. The van der Waals surface area contributed by atoms with Gasteiger partial charge >= 0.3 is 0 Å². The Morgan fingerprint density at radius 2 is 1.85 bits per heavy atom. The highest BCUT2D eigenvalue weighted by molar-refractivity contribution is 6.31. The summed E-state index contributed by atoms with van der Waals surface area (Å²) in [7, 11) is 1.39. The topological polar surface area (TPSA) is 61.6 Å². The molecule has 2 N–H and O–H groups in total. The van der Waals surface area contributed by atoms with E-state index in [2.05, 4.69) is 0 Å². The standard InChI is InChI=1S/C14H11ClFNO3/c1-19-13-7-9(16)3-5-12(13)20-11-4-2-8(15)6-10(11)14(17)18/h2-7H,1H3,(H2,17,18). The maximum Gasteiger partial charge on any atom is 0.252 e. The Morgan fingerprint density at radius 1 is 1.15 bits per heavy atom. The molecule has 104 valence electrons. The van der Waals surface area contributed by atoms with Gasteiger partial charge in [-0.1, -0.05) is 11.6 Å². The van der Waals surface area contributed by atoms with Gasteiger partial charge in [0.05, 0.1) is 12.7 Å². The van der Waals surface area contributed by atoms with Crippen molar-refractivity contribution in [2.45, 2.75) is 0 Å². The maximum absolute atomic E-state index is 13.1. The molecular formula is C14H11ClFNO3. The van der Waals surface area contributed by atoms with E-state index >= 15 is 0 Å². The van der Waals surface area contributed by atoms with Crippen LogP contribution in [0.4, 0.5) is 4.39 Å². The molecule has 0 saturated carbocycles. The van der Waals surface area contributed by atoms with Crippen molar-refractivity contribution >= 4 is 17.5 Å². The van der Waals surface area contributed by atoms with E-state index in [1.54, 1.807) is 6.07 Å². The number of methoxy groups -OCH3 is 1. The van der Waals surface area contributed by atoms with Crippen molar-refractivity contribution in [3.8, 4) is 17.2 Å². The Hall–Kier alpha value is -2.27. The van der Waals surface area contributed by atoms with Crippen LogP contribution in [0.5, 0.6) is 17.2 Å². The lowest BCUT2D eigenvalue weighted by atomic mass is 10.2. The zero-order valence-electron chi connectivity index (χ0n) is 10.5. The molecule has 0 aliphatic heterocycles. The highest BCUT2D eigenvalue weighted by Gasteiger charge is 2.13. The Kier molecular flexibility index (Phi) is 4.10. The van der Waals surface area contributed by atoms with Gasteiger partial charge in [-0.2, -0.15) is 0 Å². The average molecular weight is 296 g/mol. The molecule has 2 aromatic rings. The lowest BCUT2D eigenvalue weighted by Gasteiger charge is -2.12. The number of carbonyl (C=O) groups is 1. The summed E-state index contributed by atoms with van der Waals surface area (Å²) in [4.78, 5) is 11.4. The van der Waals surface area contributed by atoms with Crippen LogP contribution in [0.15, 0.2) is 36.4 Å². The zero-order chi connectivity index (χ0) is 14.7. The van der Waals surface area contributed by atoms with Crippen LogP contribution in [0, 0.1) is 5.82 Å². The first-order valence-electron chi connectivity index (χ1n) is 5.62. The van der Waals surface area contributed by atoms with Gasteiger partial charge in [0.2, 0.25) is 0 Å². The molecule has 0 fully saturated rings. The number of halogens is 2. The second-order valence-electron chi connectivity index (χ2n) is 3.90. The summed E-state index contributed by atoms with van der Waals surface area (Å²) in [5.41, 5.74) is 5.39. The molecule has 0 bridgehead atoms. The van der Waals surface area contributed by atoms with E-state index in [1.807, 2.05) is 0 Å². The monoisotopic (exact) mass is 295 g/mol. The zero-order valence-corrected chi connectivity index (χ0v) is 11.3. The molecule has 0 heterocycles. The molecule has 0 atom stereocenters. The van der Waals surface area contributed by atoms with Gasteiger partial charge < -0.3 is 15.2 Å². The van der Waals surface area contributed by atoms with Crippen LogP contribution in [-0.2, 0) is 0 Å².